The number of nitrogens with zero attached hydrogens (tertiary/aromatic N) is 1. The van der Waals surface area contributed by atoms with Gasteiger partial charge in [-0.05, 0) is 28.3 Å². The summed E-state index contributed by atoms with van der Waals surface area (Å²) in [6.45, 7) is 0. The van der Waals surface area contributed by atoms with Crippen LogP contribution < -0.4 is 0 Å². The van der Waals surface area contributed by atoms with Crippen molar-refractivity contribution in [2.45, 2.75) is 0 Å². The maximum Gasteiger partial charge on any atom is 0.0715 e. The highest BCUT2D eigenvalue weighted by atomic mass is 14.7. The second kappa shape index (κ2) is 2.70. The van der Waals surface area contributed by atoms with Crippen molar-refractivity contribution < 1.29 is 0 Å². The Balaban J connectivity index is 2.39. The van der Waals surface area contributed by atoms with Gasteiger partial charge in [-0.25, -0.2) is 0 Å². The first kappa shape index (κ1) is 8.05. The molecule has 0 saturated heterocycles. The number of hydrogen-bond acceptors (Lipinski definition) is 1. The molecule has 0 bridgehead atoms. The fourth-order valence-electron chi connectivity index (χ4n) is 2.52. The predicted molar refractivity (Wildman–Crippen MR) is 68.7 cm³/mol. The van der Waals surface area contributed by atoms with Crippen molar-refractivity contribution in [3.8, 4) is 0 Å². The molecule has 1 nitrogen and oxygen atoms in total. The number of aliphatic imine (C=N–C) groups is 1. The van der Waals surface area contributed by atoms with Gasteiger partial charge in [0.25, 0.3) is 0 Å². The molecule has 0 saturated carbocycles. The van der Waals surface area contributed by atoms with Crippen LogP contribution in [-0.4, -0.2) is 6.21 Å². The van der Waals surface area contributed by atoms with Crippen molar-refractivity contribution in [2.24, 2.45) is 4.99 Å². The fourth-order valence-corrected chi connectivity index (χ4v) is 2.52. The summed E-state index contributed by atoms with van der Waals surface area (Å²) in [5, 5.41) is 5.20. The Morgan fingerprint density at radius 2 is 1.69 bits per heavy atom. The van der Waals surface area contributed by atoms with Gasteiger partial charge in [-0.2, -0.15) is 0 Å². The van der Waals surface area contributed by atoms with Gasteiger partial charge in [0, 0.05) is 17.2 Å². The number of benzene rings is 3. The molecule has 0 aromatic heterocycles. The van der Waals surface area contributed by atoms with Crippen LogP contribution in [0.2, 0.25) is 0 Å². The SMILES string of the molecule is C1=Nc2cccc3c2c1cc1ccccc13. The first-order chi connectivity index (χ1) is 7.93. The molecule has 0 aliphatic carbocycles. The predicted octanol–water partition coefficient (Wildman–Crippen LogP) is 4.06. The third kappa shape index (κ3) is 0.878. The molecule has 0 unspecified atom stereocenters. The number of rotatable bonds is 0. The molecule has 3 aromatic rings. The van der Waals surface area contributed by atoms with Gasteiger partial charge in [-0.1, -0.05) is 36.4 Å². The lowest BCUT2D eigenvalue weighted by Gasteiger charge is -2.05. The highest BCUT2D eigenvalue weighted by Gasteiger charge is 2.12. The third-order valence-electron chi connectivity index (χ3n) is 3.24. The van der Waals surface area contributed by atoms with E-state index in [1.54, 1.807) is 0 Å². The van der Waals surface area contributed by atoms with Crippen molar-refractivity contribution in [1.82, 2.24) is 0 Å². The minimum absolute atomic E-state index is 1.10. The number of hydrogen-bond donors (Lipinski definition) is 0. The molecule has 1 aliphatic rings. The second-order valence-electron chi connectivity index (χ2n) is 4.14. The molecule has 0 radical (unpaired) electrons. The van der Waals surface area contributed by atoms with Gasteiger partial charge in [0.05, 0.1) is 5.69 Å². The molecule has 16 heavy (non-hydrogen) atoms. The molecular weight excluding hydrogens is 194 g/mol. The van der Waals surface area contributed by atoms with Crippen LogP contribution in [0.3, 0.4) is 0 Å². The zero-order chi connectivity index (χ0) is 10.5. The summed E-state index contributed by atoms with van der Waals surface area (Å²) in [6.07, 6.45) is 1.96. The van der Waals surface area contributed by atoms with E-state index in [4.69, 9.17) is 0 Å². The van der Waals surface area contributed by atoms with Crippen molar-refractivity contribution in [2.75, 3.05) is 0 Å². The van der Waals surface area contributed by atoms with Crippen molar-refractivity contribution in [1.29, 1.82) is 0 Å². The van der Waals surface area contributed by atoms with Gasteiger partial charge in [0.15, 0.2) is 0 Å². The highest BCUT2D eigenvalue weighted by molar-refractivity contribution is 6.20. The van der Waals surface area contributed by atoms with E-state index in [-0.39, 0.29) is 0 Å². The Morgan fingerprint density at radius 1 is 0.812 bits per heavy atom. The number of fused-ring (bicyclic) bond motifs is 2. The van der Waals surface area contributed by atoms with Gasteiger partial charge < -0.3 is 0 Å². The smallest absolute Gasteiger partial charge is 0.0715 e. The summed E-state index contributed by atoms with van der Waals surface area (Å²) >= 11 is 0. The van der Waals surface area contributed by atoms with Gasteiger partial charge in [0.2, 0.25) is 0 Å². The van der Waals surface area contributed by atoms with Crippen LogP contribution in [0.25, 0.3) is 21.5 Å². The maximum atomic E-state index is 4.44. The molecule has 1 heteroatoms. The van der Waals surface area contributed by atoms with Gasteiger partial charge in [-0.15, -0.1) is 0 Å². The Bertz CT molecular complexity index is 754. The van der Waals surface area contributed by atoms with Crippen LogP contribution in [0.4, 0.5) is 5.69 Å². The van der Waals surface area contributed by atoms with E-state index in [0.29, 0.717) is 0 Å². The average molecular weight is 203 g/mol. The molecule has 0 fully saturated rings. The highest BCUT2D eigenvalue weighted by Crippen LogP contribution is 2.37. The van der Waals surface area contributed by atoms with E-state index in [2.05, 4.69) is 53.5 Å². The lowest BCUT2D eigenvalue weighted by atomic mass is 9.98. The third-order valence-corrected chi connectivity index (χ3v) is 3.24. The van der Waals surface area contributed by atoms with Gasteiger partial charge in [0.1, 0.15) is 0 Å². The molecule has 0 spiro atoms. The van der Waals surface area contributed by atoms with Gasteiger partial charge in [-0.3, -0.25) is 4.99 Å². The Morgan fingerprint density at radius 3 is 2.69 bits per heavy atom. The Kier molecular flexibility index (Phi) is 1.36. The van der Waals surface area contributed by atoms with E-state index in [1.807, 2.05) is 6.21 Å². The molecule has 0 N–H and O–H groups in total. The van der Waals surface area contributed by atoms with Gasteiger partial charge >= 0.3 is 0 Å². The van der Waals surface area contributed by atoms with Crippen molar-refractivity contribution in [3.05, 3.63) is 54.1 Å². The van der Waals surface area contributed by atoms with Crippen molar-refractivity contribution >= 4 is 33.4 Å². The summed E-state index contributed by atoms with van der Waals surface area (Å²) in [4.78, 5) is 4.44. The van der Waals surface area contributed by atoms with Crippen LogP contribution in [-0.2, 0) is 0 Å². The quantitative estimate of drug-likeness (QED) is 0.382. The molecule has 3 aromatic carbocycles. The van der Waals surface area contributed by atoms with Crippen LogP contribution >= 0.6 is 0 Å². The Hall–Kier alpha value is -2.15. The second-order valence-corrected chi connectivity index (χ2v) is 4.14. The van der Waals surface area contributed by atoms with E-state index in [1.165, 1.54) is 27.1 Å². The van der Waals surface area contributed by atoms with Crippen LogP contribution in [0.5, 0.6) is 0 Å². The summed E-state index contributed by atoms with van der Waals surface area (Å²) in [6, 6.07) is 17.1. The first-order valence-corrected chi connectivity index (χ1v) is 5.42. The first-order valence-electron chi connectivity index (χ1n) is 5.42. The van der Waals surface area contributed by atoms with E-state index in [9.17, 15) is 0 Å². The minimum atomic E-state index is 1.10. The molecule has 1 heterocycles. The zero-order valence-electron chi connectivity index (χ0n) is 8.64. The van der Waals surface area contributed by atoms with Crippen LogP contribution in [0, 0.1) is 0 Å². The monoisotopic (exact) mass is 203 g/mol. The fraction of sp³-hybridized carbons (Fsp3) is 0. The summed E-state index contributed by atoms with van der Waals surface area (Å²) in [7, 11) is 0. The van der Waals surface area contributed by atoms with Crippen LogP contribution in [0.1, 0.15) is 5.56 Å². The topological polar surface area (TPSA) is 12.4 Å². The van der Waals surface area contributed by atoms with E-state index >= 15 is 0 Å². The average Bonchev–Trinajstić information content (AvgIpc) is 2.75. The molecule has 4 rings (SSSR count). The Labute approximate surface area is 93.0 Å². The minimum Gasteiger partial charge on any atom is -0.256 e. The molecule has 0 atom stereocenters. The lowest BCUT2D eigenvalue weighted by molar-refractivity contribution is 1.63. The summed E-state index contributed by atoms with van der Waals surface area (Å²) in [5.41, 5.74) is 2.34. The normalized spacial score (nSPS) is 12.8. The molecule has 74 valence electrons. The zero-order valence-corrected chi connectivity index (χ0v) is 8.64. The standard InChI is InChI=1S/C15H9N/c1-2-5-12-10(4-1)8-11-9-16-14-7-3-6-13(12)15(11)14/h1-9H. The summed E-state index contributed by atoms with van der Waals surface area (Å²) in [5.74, 6) is 0. The van der Waals surface area contributed by atoms with Crippen LogP contribution in [0.15, 0.2) is 53.5 Å². The van der Waals surface area contributed by atoms with Crippen molar-refractivity contribution in [3.63, 3.8) is 0 Å². The largest absolute Gasteiger partial charge is 0.256 e. The molecular formula is C15H9N. The molecule has 0 amide bonds. The van der Waals surface area contributed by atoms with E-state index < -0.39 is 0 Å². The van der Waals surface area contributed by atoms with E-state index in [0.717, 1.165) is 5.69 Å². The summed E-state index contributed by atoms with van der Waals surface area (Å²) < 4.78 is 0. The lowest BCUT2D eigenvalue weighted by Crippen LogP contribution is -1.82. The maximum absolute atomic E-state index is 4.44. The molecule has 1 aliphatic heterocycles.